The maximum Gasteiger partial charge on any atom is 0.220 e. The zero-order valence-corrected chi connectivity index (χ0v) is 17.2. The zero-order valence-electron chi connectivity index (χ0n) is 17.2. The van der Waals surface area contributed by atoms with E-state index < -0.39 is 6.10 Å². The molecule has 0 radical (unpaired) electrons. The first-order chi connectivity index (χ1) is 12.4. The van der Waals surface area contributed by atoms with E-state index in [2.05, 4.69) is 12.2 Å². The molecule has 0 bridgehead atoms. The number of carbonyl (C=O) groups is 1. The first-order valence-corrected chi connectivity index (χ1v) is 10.3. The normalized spacial score (nSPS) is 16.1. The maximum atomic E-state index is 11.4. The number of unbranched alkanes of at least 4 members (excludes halogenated alkanes) is 5. The molecule has 6 nitrogen and oxygen atoms in total. The van der Waals surface area contributed by atoms with Crippen molar-refractivity contribution in [2.75, 3.05) is 13.2 Å². The predicted octanol–water partition coefficient (Wildman–Crippen LogP) is 3.14. The zero-order chi connectivity index (χ0) is 19.8. The molecule has 2 unspecified atom stereocenters. The van der Waals surface area contributed by atoms with Crippen LogP contribution >= 0.6 is 0 Å². The summed E-state index contributed by atoms with van der Waals surface area (Å²) in [6.45, 7) is 8.09. The molecular weight excluding hydrogens is 334 g/mol. The maximum absolute atomic E-state index is 11.4. The van der Waals surface area contributed by atoms with E-state index in [1.165, 1.54) is 12.8 Å². The number of carbonyl (C=O) groups excluding carboxylic acids is 1. The van der Waals surface area contributed by atoms with E-state index in [1.807, 2.05) is 20.8 Å². The van der Waals surface area contributed by atoms with Crippen molar-refractivity contribution in [1.82, 2.24) is 5.32 Å². The molecule has 0 aromatic heterocycles. The van der Waals surface area contributed by atoms with Crippen LogP contribution in [0.25, 0.3) is 0 Å². The molecule has 4 atom stereocenters. The minimum Gasteiger partial charge on any atom is -0.395 e. The van der Waals surface area contributed by atoms with E-state index in [0.717, 1.165) is 32.1 Å². The van der Waals surface area contributed by atoms with Crippen LogP contribution in [0.15, 0.2) is 0 Å². The monoisotopic (exact) mass is 375 g/mol. The Morgan fingerprint density at radius 2 is 1.62 bits per heavy atom. The highest BCUT2D eigenvalue weighted by Crippen LogP contribution is 2.14. The number of rotatable bonds is 17. The minimum absolute atomic E-state index is 0.00149. The quantitative estimate of drug-likeness (QED) is 0.268. The van der Waals surface area contributed by atoms with Gasteiger partial charge in [-0.1, -0.05) is 39.0 Å². The molecule has 0 spiro atoms. The van der Waals surface area contributed by atoms with Crippen molar-refractivity contribution in [1.29, 1.82) is 0 Å². The summed E-state index contributed by atoms with van der Waals surface area (Å²) in [5.74, 6) is 0.0298. The fraction of sp³-hybridized carbons (Fsp3) is 0.950. The smallest absolute Gasteiger partial charge is 0.220 e. The van der Waals surface area contributed by atoms with Gasteiger partial charge in [-0.15, -0.1) is 0 Å². The highest BCUT2D eigenvalue weighted by atomic mass is 16.7. The van der Waals surface area contributed by atoms with Gasteiger partial charge in [0.25, 0.3) is 0 Å². The van der Waals surface area contributed by atoms with Crippen molar-refractivity contribution >= 4 is 5.91 Å². The first-order valence-electron chi connectivity index (χ1n) is 10.3. The van der Waals surface area contributed by atoms with E-state index in [0.29, 0.717) is 19.4 Å². The van der Waals surface area contributed by atoms with Gasteiger partial charge in [0.2, 0.25) is 5.91 Å². The lowest BCUT2D eigenvalue weighted by Gasteiger charge is -2.25. The molecule has 6 heteroatoms. The van der Waals surface area contributed by atoms with Gasteiger partial charge in [0, 0.05) is 13.0 Å². The minimum atomic E-state index is -0.447. The fourth-order valence-electron chi connectivity index (χ4n) is 2.86. The van der Waals surface area contributed by atoms with Crippen molar-refractivity contribution in [2.45, 2.75) is 110 Å². The van der Waals surface area contributed by atoms with Gasteiger partial charge in [0.1, 0.15) is 0 Å². The van der Waals surface area contributed by atoms with Gasteiger partial charge in [-0.05, 0) is 40.0 Å². The van der Waals surface area contributed by atoms with E-state index >= 15 is 0 Å². The average Bonchev–Trinajstić information content (AvgIpc) is 2.60. The lowest BCUT2D eigenvalue weighted by atomic mass is 10.1. The molecule has 0 aliphatic heterocycles. The lowest BCUT2D eigenvalue weighted by molar-refractivity contribution is -0.196. The van der Waals surface area contributed by atoms with Gasteiger partial charge in [0.15, 0.2) is 6.29 Å². The van der Waals surface area contributed by atoms with Crippen LogP contribution < -0.4 is 5.32 Å². The Balaban J connectivity index is 3.53. The van der Waals surface area contributed by atoms with Crippen LogP contribution in [0, 0.1) is 0 Å². The lowest BCUT2D eigenvalue weighted by Crippen LogP contribution is -2.31. The van der Waals surface area contributed by atoms with Gasteiger partial charge in [0.05, 0.1) is 24.9 Å². The summed E-state index contributed by atoms with van der Waals surface area (Å²) in [4.78, 5) is 11.4. The summed E-state index contributed by atoms with van der Waals surface area (Å²) < 4.78 is 11.5. The van der Waals surface area contributed by atoms with Crippen LogP contribution in [0.3, 0.4) is 0 Å². The van der Waals surface area contributed by atoms with Crippen molar-refractivity contribution in [3.8, 4) is 0 Å². The number of hydrogen-bond acceptors (Lipinski definition) is 5. The van der Waals surface area contributed by atoms with Gasteiger partial charge in [-0.3, -0.25) is 4.79 Å². The SMILES string of the molecule is CC[C@@H](O)C(C)OC(C)O[C@H](C)CCCCCCCCC(=O)NCCO. The second-order valence-corrected chi connectivity index (χ2v) is 7.06. The molecule has 0 aliphatic rings. The summed E-state index contributed by atoms with van der Waals surface area (Å²) in [6.07, 6.45) is 8.00. The third-order valence-electron chi connectivity index (χ3n) is 4.49. The van der Waals surface area contributed by atoms with Crippen LogP contribution in [0.5, 0.6) is 0 Å². The Kier molecular flexibility index (Phi) is 16.0. The standard InChI is InChI=1S/C20H41NO5/c1-5-19(23)17(3)26-18(4)25-16(2)12-10-8-6-7-9-11-13-20(24)21-14-15-22/h16-19,22-23H,5-15H2,1-4H3,(H,21,24)/t16-,17?,18?,19-/m1/s1. The van der Waals surface area contributed by atoms with Crippen LogP contribution in [0.2, 0.25) is 0 Å². The molecule has 0 aromatic rings. The molecule has 3 N–H and O–H groups in total. The largest absolute Gasteiger partial charge is 0.395 e. The van der Waals surface area contributed by atoms with Crippen molar-refractivity contribution in [2.24, 2.45) is 0 Å². The Bertz CT molecular complexity index is 340. The van der Waals surface area contributed by atoms with Crippen molar-refractivity contribution in [3.05, 3.63) is 0 Å². The van der Waals surface area contributed by atoms with Crippen molar-refractivity contribution in [3.63, 3.8) is 0 Å². The fourth-order valence-corrected chi connectivity index (χ4v) is 2.86. The second kappa shape index (κ2) is 16.5. The van der Waals surface area contributed by atoms with E-state index in [9.17, 15) is 9.90 Å². The molecule has 0 heterocycles. The number of aliphatic hydroxyl groups is 2. The van der Waals surface area contributed by atoms with Crippen LogP contribution in [0.4, 0.5) is 0 Å². The van der Waals surface area contributed by atoms with Crippen LogP contribution in [-0.4, -0.2) is 53.9 Å². The van der Waals surface area contributed by atoms with Crippen LogP contribution in [-0.2, 0) is 14.3 Å². The summed E-state index contributed by atoms with van der Waals surface area (Å²) in [5, 5.41) is 21.0. The Labute approximate surface area is 159 Å². The molecule has 156 valence electrons. The topological polar surface area (TPSA) is 88.0 Å². The van der Waals surface area contributed by atoms with Gasteiger partial charge in [-0.2, -0.15) is 0 Å². The summed E-state index contributed by atoms with van der Waals surface area (Å²) in [7, 11) is 0. The molecule has 0 rings (SSSR count). The van der Waals surface area contributed by atoms with Crippen molar-refractivity contribution < 1.29 is 24.5 Å². The summed E-state index contributed by atoms with van der Waals surface area (Å²) in [5.41, 5.74) is 0. The molecule has 0 saturated carbocycles. The highest BCUT2D eigenvalue weighted by Gasteiger charge is 2.17. The molecule has 0 aromatic carbocycles. The van der Waals surface area contributed by atoms with E-state index in [1.54, 1.807) is 0 Å². The predicted molar refractivity (Wildman–Crippen MR) is 104 cm³/mol. The molecule has 0 saturated heterocycles. The molecular formula is C20H41NO5. The second-order valence-electron chi connectivity index (χ2n) is 7.06. The Morgan fingerprint density at radius 1 is 1.00 bits per heavy atom. The third kappa shape index (κ3) is 14.5. The number of ether oxygens (including phenoxy) is 2. The Hall–Kier alpha value is -0.690. The van der Waals surface area contributed by atoms with Crippen LogP contribution in [0.1, 0.15) is 85.5 Å². The number of amides is 1. The number of hydrogen-bond donors (Lipinski definition) is 3. The summed E-state index contributed by atoms with van der Waals surface area (Å²) >= 11 is 0. The van der Waals surface area contributed by atoms with E-state index in [4.69, 9.17) is 14.6 Å². The molecule has 0 fully saturated rings. The molecule has 0 aliphatic carbocycles. The number of aliphatic hydroxyl groups excluding tert-OH is 2. The number of nitrogens with one attached hydrogen (secondary N) is 1. The van der Waals surface area contributed by atoms with Gasteiger partial charge in [-0.25, -0.2) is 0 Å². The average molecular weight is 376 g/mol. The first kappa shape index (κ1) is 25.3. The third-order valence-corrected chi connectivity index (χ3v) is 4.49. The van der Waals surface area contributed by atoms with E-state index in [-0.39, 0.29) is 31.0 Å². The molecule has 1 amide bonds. The molecule has 26 heavy (non-hydrogen) atoms. The Morgan fingerprint density at radius 3 is 2.23 bits per heavy atom. The van der Waals surface area contributed by atoms with Gasteiger partial charge < -0.3 is 25.0 Å². The summed E-state index contributed by atoms with van der Waals surface area (Å²) in [6, 6.07) is 0. The van der Waals surface area contributed by atoms with Gasteiger partial charge >= 0.3 is 0 Å². The highest BCUT2D eigenvalue weighted by molar-refractivity contribution is 5.75.